The fourth-order valence-electron chi connectivity index (χ4n) is 7.32. The van der Waals surface area contributed by atoms with Crippen LogP contribution in [0.5, 0.6) is 11.6 Å². The first-order valence-electron chi connectivity index (χ1n) is 16.5. The highest BCUT2D eigenvalue weighted by Gasteiger charge is 2.33. The lowest BCUT2D eigenvalue weighted by Gasteiger charge is -2.41. The fraction of sp³-hybridized carbons (Fsp3) is 0.457. The van der Waals surface area contributed by atoms with Crippen molar-refractivity contribution in [2.24, 2.45) is 0 Å². The second-order valence-corrected chi connectivity index (χ2v) is 13.0. The quantitative estimate of drug-likeness (QED) is 0.293. The summed E-state index contributed by atoms with van der Waals surface area (Å²) in [5, 5.41) is 3.73. The van der Waals surface area contributed by atoms with Gasteiger partial charge in [-0.1, -0.05) is 0 Å². The van der Waals surface area contributed by atoms with E-state index in [1.165, 1.54) is 6.07 Å². The van der Waals surface area contributed by atoms with Crippen LogP contribution in [-0.4, -0.2) is 78.0 Å². The third-order valence-corrected chi connectivity index (χ3v) is 9.82. The minimum Gasteiger partial charge on any atom is -0.487 e. The molecule has 3 aliphatic rings. The number of pyridine rings is 3. The number of hydrogen-bond donors (Lipinski definition) is 2. The number of piperazine rings is 1. The van der Waals surface area contributed by atoms with Crippen LogP contribution in [0.25, 0.3) is 10.9 Å². The topological polar surface area (TPSA) is 114 Å². The van der Waals surface area contributed by atoms with Gasteiger partial charge in [-0.3, -0.25) is 9.69 Å². The highest BCUT2D eigenvalue weighted by molar-refractivity contribution is 5.92. The number of methoxy groups -OCH3 is 1. The van der Waals surface area contributed by atoms with Crippen LogP contribution in [0.3, 0.4) is 0 Å². The Morgan fingerprint density at radius 2 is 2.02 bits per heavy atom. The number of nitrogens with zero attached hydrogens (tertiary/aromatic N) is 6. The van der Waals surface area contributed by atoms with E-state index >= 15 is 4.39 Å². The van der Waals surface area contributed by atoms with Crippen molar-refractivity contribution in [3.05, 3.63) is 76.1 Å². The molecule has 2 unspecified atom stereocenters. The third kappa shape index (κ3) is 6.07. The van der Waals surface area contributed by atoms with Gasteiger partial charge in [-0.05, 0) is 56.5 Å². The summed E-state index contributed by atoms with van der Waals surface area (Å²) >= 11 is 0. The zero-order valence-corrected chi connectivity index (χ0v) is 27.3. The monoisotopic (exact) mass is 642 g/mol. The van der Waals surface area contributed by atoms with Gasteiger partial charge in [-0.2, -0.15) is 0 Å². The molecule has 3 N–H and O–H groups in total. The Kier molecular flexibility index (Phi) is 8.63. The van der Waals surface area contributed by atoms with Crippen molar-refractivity contribution in [3.63, 3.8) is 0 Å². The van der Waals surface area contributed by atoms with E-state index in [1.807, 2.05) is 36.7 Å². The van der Waals surface area contributed by atoms with Gasteiger partial charge in [0.1, 0.15) is 18.1 Å². The Morgan fingerprint density at radius 1 is 1.15 bits per heavy atom. The maximum absolute atomic E-state index is 16.1. The lowest BCUT2D eigenvalue weighted by Crippen LogP contribution is -2.50. The fourth-order valence-corrected chi connectivity index (χ4v) is 7.32. The molecule has 3 aromatic heterocycles. The van der Waals surface area contributed by atoms with E-state index in [1.54, 1.807) is 13.3 Å². The molecule has 7 rings (SSSR count). The zero-order chi connectivity index (χ0) is 32.7. The first-order chi connectivity index (χ1) is 22.8. The number of nitrogens with one attached hydrogen (secondary N) is 1. The van der Waals surface area contributed by atoms with Crippen LogP contribution in [0.15, 0.2) is 53.7 Å². The molecule has 47 heavy (non-hydrogen) atoms. The average molecular weight is 643 g/mol. The molecule has 0 amide bonds. The molecule has 11 nitrogen and oxygen atoms in total. The molecule has 248 valence electrons. The van der Waals surface area contributed by atoms with Crippen LogP contribution >= 0.6 is 0 Å². The van der Waals surface area contributed by atoms with Gasteiger partial charge in [-0.15, -0.1) is 0 Å². The normalized spacial score (nSPS) is 21.3. The number of anilines is 3. The number of nitrogens with two attached hydrogens (primary N) is 1. The summed E-state index contributed by atoms with van der Waals surface area (Å²) in [6.07, 6.45) is 7.51. The number of halogens is 1. The molecule has 0 saturated carbocycles. The minimum atomic E-state index is -0.419. The Labute approximate surface area is 274 Å². The van der Waals surface area contributed by atoms with Gasteiger partial charge in [0.15, 0.2) is 17.0 Å². The lowest BCUT2D eigenvalue weighted by atomic mass is 10.0. The minimum absolute atomic E-state index is 0.0239. The molecule has 0 bridgehead atoms. The zero-order valence-electron chi connectivity index (χ0n) is 27.3. The van der Waals surface area contributed by atoms with Crippen molar-refractivity contribution >= 4 is 28.1 Å². The van der Waals surface area contributed by atoms with E-state index in [9.17, 15) is 4.79 Å². The SMILES string of the molecule is COc1cc(CN(Cc2cn3c4c(c(N5CCNCC5C)c(F)cc4c2=O)OCC3C)[C@H]2CCCN(c3ccc(N)nc3)C2)ccn1. The molecule has 2 fully saturated rings. The summed E-state index contributed by atoms with van der Waals surface area (Å²) in [5.74, 6) is 1.08. The van der Waals surface area contributed by atoms with Crippen molar-refractivity contribution in [1.29, 1.82) is 0 Å². The molecule has 3 atom stereocenters. The van der Waals surface area contributed by atoms with Crippen molar-refractivity contribution < 1.29 is 13.9 Å². The summed E-state index contributed by atoms with van der Waals surface area (Å²) in [6.45, 7) is 9.40. The first kappa shape index (κ1) is 31.2. The molecule has 3 aliphatic heterocycles. The van der Waals surface area contributed by atoms with Crippen LogP contribution < -0.4 is 35.8 Å². The first-order valence-corrected chi connectivity index (χ1v) is 16.5. The van der Waals surface area contributed by atoms with Crippen LogP contribution in [0, 0.1) is 5.82 Å². The second-order valence-electron chi connectivity index (χ2n) is 13.0. The van der Waals surface area contributed by atoms with Gasteiger partial charge in [0.25, 0.3) is 0 Å². The summed E-state index contributed by atoms with van der Waals surface area (Å²) in [4.78, 5) is 29.7. The molecule has 0 aliphatic carbocycles. The molecule has 6 heterocycles. The molecule has 4 aromatic rings. The van der Waals surface area contributed by atoms with E-state index in [0.717, 1.165) is 50.3 Å². The maximum Gasteiger partial charge on any atom is 0.213 e. The summed E-state index contributed by atoms with van der Waals surface area (Å²) < 4.78 is 29.9. The van der Waals surface area contributed by atoms with Crippen molar-refractivity contribution in [2.75, 3.05) is 62.0 Å². The van der Waals surface area contributed by atoms with Gasteiger partial charge < -0.3 is 34.9 Å². The van der Waals surface area contributed by atoms with Gasteiger partial charge in [0, 0.05) is 81.9 Å². The molecule has 0 radical (unpaired) electrons. The number of benzene rings is 1. The molecule has 0 spiro atoms. The number of piperidine rings is 1. The lowest BCUT2D eigenvalue weighted by molar-refractivity contribution is 0.157. The predicted octanol–water partition coefficient (Wildman–Crippen LogP) is 3.94. The summed E-state index contributed by atoms with van der Waals surface area (Å²) in [5.41, 5.74) is 9.52. The number of ether oxygens (including phenoxy) is 2. The summed E-state index contributed by atoms with van der Waals surface area (Å²) in [6, 6.07) is 9.40. The number of nitrogen functional groups attached to an aromatic ring is 1. The third-order valence-electron chi connectivity index (χ3n) is 9.82. The van der Waals surface area contributed by atoms with Gasteiger partial charge >= 0.3 is 0 Å². The number of aromatic nitrogens is 3. The molecular formula is C35H43FN8O3. The standard InChI is InChI=1S/C35H43FN8O3/c1-22-15-38-10-12-43(22)33-29(36)14-28-32-35(33)47-21-23(2)44(32)19-25(34(28)45)18-42(17-24-8-9-39-31(13-24)46-3)27-5-4-11-41(20-27)26-6-7-30(37)40-16-26/h6-9,13-14,16,19,22-23,27,38H,4-5,10-12,15,17-18,20-21H2,1-3H3,(H2,37,40)/t22?,23?,27-/m0/s1. The Hall–Kier alpha value is -4.42. The van der Waals surface area contributed by atoms with E-state index in [2.05, 4.69) is 48.4 Å². The van der Waals surface area contributed by atoms with E-state index in [-0.39, 0.29) is 23.6 Å². The molecule has 1 aromatic carbocycles. The van der Waals surface area contributed by atoms with Crippen molar-refractivity contribution in [3.8, 4) is 11.6 Å². The van der Waals surface area contributed by atoms with Gasteiger partial charge in [0.2, 0.25) is 5.88 Å². The molecule has 12 heteroatoms. The highest BCUT2D eigenvalue weighted by atomic mass is 19.1. The van der Waals surface area contributed by atoms with E-state index in [0.29, 0.717) is 65.8 Å². The van der Waals surface area contributed by atoms with Gasteiger partial charge in [0.05, 0.1) is 35.9 Å². The maximum atomic E-state index is 16.1. The number of hydrogen-bond acceptors (Lipinski definition) is 10. The van der Waals surface area contributed by atoms with E-state index < -0.39 is 5.82 Å². The Balaban J connectivity index is 1.28. The Morgan fingerprint density at radius 3 is 2.81 bits per heavy atom. The van der Waals surface area contributed by atoms with Crippen LogP contribution in [0.2, 0.25) is 0 Å². The van der Waals surface area contributed by atoms with Crippen LogP contribution in [0.4, 0.5) is 21.6 Å². The smallest absolute Gasteiger partial charge is 0.213 e. The Bertz CT molecular complexity index is 1820. The largest absolute Gasteiger partial charge is 0.487 e. The predicted molar refractivity (Wildman–Crippen MR) is 182 cm³/mol. The van der Waals surface area contributed by atoms with Crippen molar-refractivity contribution in [2.45, 2.75) is 57.9 Å². The molecule has 2 saturated heterocycles. The molecular weight excluding hydrogens is 599 g/mol. The average Bonchev–Trinajstić information content (AvgIpc) is 3.08. The summed E-state index contributed by atoms with van der Waals surface area (Å²) in [7, 11) is 1.61. The second kappa shape index (κ2) is 13.0. The van der Waals surface area contributed by atoms with Crippen LogP contribution in [0.1, 0.15) is 43.9 Å². The van der Waals surface area contributed by atoms with Crippen molar-refractivity contribution in [1.82, 2.24) is 24.8 Å². The van der Waals surface area contributed by atoms with E-state index in [4.69, 9.17) is 15.2 Å². The van der Waals surface area contributed by atoms with Crippen LogP contribution in [-0.2, 0) is 13.1 Å². The van der Waals surface area contributed by atoms with Gasteiger partial charge in [-0.25, -0.2) is 14.4 Å². The highest BCUT2D eigenvalue weighted by Crippen LogP contribution is 2.42. The number of rotatable bonds is 8.